The van der Waals surface area contributed by atoms with Crippen molar-refractivity contribution in [2.75, 3.05) is 7.11 Å². The van der Waals surface area contributed by atoms with Crippen LogP contribution in [0.3, 0.4) is 0 Å². The smallest absolute Gasteiger partial charge is 0.271 e. The molecule has 0 spiro atoms. The molecule has 6 aromatic rings. The molecule has 0 N–H and O–H groups in total. The standard InChI is InChI=1S/C39H28Br2N2O3S/c1-45-33-16-7-6-15-29(33)36-30-18-17-25-10-3-5-14-28(25)35(30)42-39-43(36)38(44)34(47-39)21-23-19-31(40)37(32(41)20-23)46-22-26-12-8-11-24-9-2-4-13-27(24)26/h2-16,19-21,36H,17-18,22H2,1H3/b34-21-/t36-/m1/s1. The van der Waals surface area contributed by atoms with Crippen LogP contribution >= 0.6 is 43.2 Å². The van der Waals surface area contributed by atoms with Crippen molar-refractivity contribution in [3.05, 3.63) is 165 Å². The van der Waals surface area contributed by atoms with Crippen molar-refractivity contribution in [1.29, 1.82) is 0 Å². The van der Waals surface area contributed by atoms with E-state index in [-0.39, 0.29) is 11.6 Å². The first-order valence-corrected chi connectivity index (χ1v) is 17.7. The molecule has 47 heavy (non-hydrogen) atoms. The summed E-state index contributed by atoms with van der Waals surface area (Å²) in [4.78, 5) is 20.1. The van der Waals surface area contributed by atoms with Crippen LogP contribution in [0.4, 0.5) is 0 Å². The predicted octanol–water partition coefficient (Wildman–Crippen LogP) is 8.58. The number of para-hydroxylation sites is 1. The Labute approximate surface area is 292 Å². The van der Waals surface area contributed by atoms with Crippen molar-refractivity contribution in [3.8, 4) is 11.5 Å². The van der Waals surface area contributed by atoms with Crippen molar-refractivity contribution in [2.24, 2.45) is 4.99 Å². The maximum Gasteiger partial charge on any atom is 0.271 e. The molecule has 0 saturated heterocycles. The molecule has 8 rings (SSSR count). The molecule has 0 unspecified atom stereocenters. The minimum atomic E-state index is -0.309. The van der Waals surface area contributed by atoms with Crippen LogP contribution in [-0.2, 0) is 13.0 Å². The minimum Gasteiger partial charge on any atom is -0.496 e. The molecule has 0 radical (unpaired) electrons. The van der Waals surface area contributed by atoms with E-state index >= 15 is 0 Å². The number of nitrogens with zero attached hydrogens (tertiary/aromatic N) is 2. The van der Waals surface area contributed by atoms with E-state index in [1.54, 1.807) is 7.11 Å². The summed E-state index contributed by atoms with van der Waals surface area (Å²) in [5, 5.41) is 2.35. The summed E-state index contributed by atoms with van der Waals surface area (Å²) in [6.07, 6.45) is 3.66. The molecule has 5 aromatic carbocycles. The van der Waals surface area contributed by atoms with E-state index in [2.05, 4.69) is 92.5 Å². The second kappa shape index (κ2) is 12.4. The maximum absolute atomic E-state index is 14.3. The highest BCUT2D eigenvalue weighted by Gasteiger charge is 2.34. The zero-order chi connectivity index (χ0) is 32.1. The number of fused-ring (bicyclic) bond motifs is 4. The summed E-state index contributed by atoms with van der Waals surface area (Å²) in [5.74, 6) is 1.46. The fourth-order valence-corrected chi connectivity index (χ4v) is 9.16. The topological polar surface area (TPSA) is 52.8 Å². The Kier molecular flexibility index (Phi) is 7.95. The van der Waals surface area contributed by atoms with E-state index in [4.69, 9.17) is 14.5 Å². The molecule has 1 aliphatic carbocycles. The van der Waals surface area contributed by atoms with Crippen molar-refractivity contribution < 1.29 is 9.47 Å². The van der Waals surface area contributed by atoms with Gasteiger partial charge in [0.2, 0.25) is 0 Å². The van der Waals surface area contributed by atoms with Crippen molar-refractivity contribution in [1.82, 2.24) is 4.57 Å². The van der Waals surface area contributed by atoms with Gasteiger partial charge in [-0.15, -0.1) is 0 Å². The van der Waals surface area contributed by atoms with E-state index in [0.717, 1.165) is 61.1 Å². The van der Waals surface area contributed by atoms with Crippen LogP contribution in [0.2, 0.25) is 0 Å². The van der Waals surface area contributed by atoms with Gasteiger partial charge in [0, 0.05) is 11.1 Å². The first kappa shape index (κ1) is 30.1. The van der Waals surface area contributed by atoms with E-state index in [0.29, 0.717) is 21.7 Å². The second-order valence-electron chi connectivity index (χ2n) is 11.6. The van der Waals surface area contributed by atoms with Crippen LogP contribution in [0, 0.1) is 0 Å². The number of thiazole rings is 1. The highest BCUT2D eigenvalue weighted by atomic mass is 79.9. The van der Waals surface area contributed by atoms with Gasteiger partial charge in [0.15, 0.2) is 4.80 Å². The number of methoxy groups -OCH3 is 1. The zero-order valence-corrected chi connectivity index (χ0v) is 29.4. The Morgan fingerprint density at radius 2 is 1.66 bits per heavy atom. The van der Waals surface area contributed by atoms with Gasteiger partial charge < -0.3 is 9.47 Å². The highest BCUT2D eigenvalue weighted by Crippen LogP contribution is 2.43. The van der Waals surface area contributed by atoms with Crippen LogP contribution in [0.1, 0.15) is 40.3 Å². The fourth-order valence-electron chi connectivity index (χ4n) is 6.71. The Bertz CT molecular complexity index is 2400. The molecule has 1 atom stereocenters. The maximum atomic E-state index is 14.3. The summed E-state index contributed by atoms with van der Waals surface area (Å²) in [5.41, 5.74) is 7.40. The lowest BCUT2D eigenvalue weighted by Gasteiger charge is -2.31. The molecule has 0 fully saturated rings. The normalized spacial score (nSPS) is 15.6. The van der Waals surface area contributed by atoms with Gasteiger partial charge in [-0.2, -0.15) is 0 Å². The van der Waals surface area contributed by atoms with Crippen LogP contribution in [0.5, 0.6) is 11.5 Å². The van der Waals surface area contributed by atoms with Gasteiger partial charge in [-0.3, -0.25) is 9.36 Å². The third-order valence-electron chi connectivity index (χ3n) is 8.88. The Morgan fingerprint density at radius 3 is 2.51 bits per heavy atom. The molecule has 0 bridgehead atoms. The molecular weight excluding hydrogens is 736 g/mol. The molecule has 5 nitrogen and oxygen atoms in total. The lowest BCUT2D eigenvalue weighted by Crippen LogP contribution is -2.39. The average molecular weight is 765 g/mol. The lowest BCUT2D eigenvalue weighted by molar-refractivity contribution is 0.303. The van der Waals surface area contributed by atoms with Crippen molar-refractivity contribution in [2.45, 2.75) is 25.5 Å². The van der Waals surface area contributed by atoms with Gasteiger partial charge in [-0.25, -0.2) is 4.99 Å². The van der Waals surface area contributed by atoms with E-state index in [1.807, 2.05) is 53.1 Å². The Morgan fingerprint density at radius 1 is 0.915 bits per heavy atom. The van der Waals surface area contributed by atoms with Gasteiger partial charge >= 0.3 is 0 Å². The number of ether oxygens (including phenoxy) is 2. The molecule has 1 aliphatic heterocycles. The van der Waals surface area contributed by atoms with E-state index in [9.17, 15) is 4.79 Å². The second-order valence-corrected chi connectivity index (χ2v) is 14.3. The Balaban J connectivity index is 1.20. The first-order chi connectivity index (χ1) is 23.0. The molecule has 8 heteroatoms. The van der Waals surface area contributed by atoms with Crippen LogP contribution in [0.25, 0.3) is 22.5 Å². The van der Waals surface area contributed by atoms with Gasteiger partial charge in [-0.1, -0.05) is 96.3 Å². The van der Waals surface area contributed by atoms with E-state index in [1.165, 1.54) is 27.7 Å². The van der Waals surface area contributed by atoms with Gasteiger partial charge in [-0.05, 0) is 102 Å². The molecule has 2 heterocycles. The summed E-state index contributed by atoms with van der Waals surface area (Å²) in [6, 6.07) is 34.7. The fraction of sp³-hybridized carbons (Fsp3) is 0.128. The monoisotopic (exact) mass is 762 g/mol. The molecule has 1 aromatic heterocycles. The van der Waals surface area contributed by atoms with Crippen molar-refractivity contribution >= 4 is 65.7 Å². The lowest BCUT2D eigenvalue weighted by atomic mass is 9.83. The number of rotatable bonds is 6. The zero-order valence-electron chi connectivity index (χ0n) is 25.4. The molecule has 0 saturated carbocycles. The molecule has 2 aliphatic rings. The number of halogens is 2. The SMILES string of the molecule is COc1ccccc1[C@@H]1C2=C(N=c3s/c(=C\c4cc(Br)c(OCc5cccc6ccccc56)c(Br)c4)c(=O)n31)c1ccccc1CC2. The molecular formula is C39H28Br2N2O3S. The quantitative estimate of drug-likeness (QED) is 0.171. The van der Waals surface area contributed by atoms with Crippen LogP contribution < -0.4 is 24.4 Å². The number of aromatic nitrogens is 1. The number of hydrogen-bond acceptors (Lipinski definition) is 5. The number of allylic oxidation sites excluding steroid dienone is 1. The highest BCUT2D eigenvalue weighted by molar-refractivity contribution is 9.11. The van der Waals surface area contributed by atoms with E-state index < -0.39 is 0 Å². The average Bonchev–Trinajstić information content (AvgIpc) is 3.40. The van der Waals surface area contributed by atoms with Gasteiger partial charge in [0.25, 0.3) is 5.56 Å². The minimum absolute atomic E-state index is 0.0707. The summed E-state index contributed by atoms with van der Waals surface area (Å²) in [7, 11) is 1.68. The number of hydrogen-bond donors (Lipinski definition) is 0. The summed E-state index contributed by atoms with van der Waals surface area (Å²) >= 11 is 8.87. The third kappa shape index (κ3) is 5.38. The van der Waals surface area contributed by atoms with Crippen LogP contribution in [0.15, 0.2) is 127 Å². The van der Waals surface area contributed by atoms with Gasteiger partial charge in [0.1, 0.15) is 18.1 Å². The Hall–Kier alpha value is -4.24. The number of benzene rings is 5. The molecule has 0 amide bonds. The largest absolute Gasteiger partial charge is 0.496 e. The van der Waals surface area contributed by atoms with Gasteiger partial charge in [0.05, 0.1) is 32.3 Å². The van der Waals surface area contributed by atoms with Crippen molar-refractivity contribution in [3.63, 3.8) is 0 Å². The summed E-state index contributed by atoms with van der Waals surface area (Å²) < 4.78 is 16.2. The number of aryl methyl sites for hydroxylation is 1. The third-order valence-corrected chi connectivity index (χ3v) is 11.0. The molecule has 232 valence electrons. The predicted molar refractivity (Wildman–Crippen MR) is 196 cm³/mol. The van der Waals surface area contributed by atoms with Crippen LogP contribution in [-0.4, -0.2) is 11.7 Å². The summed E-state index contributed by atoms with van der Waals surface area (Å²) in [6.45, 7) is 0.424. The first-order valence-electron chi connectivity index (χ1n) is 15.3.